The van der Waals surface area contributed by atoms with Crippen molar-refractivity contribution >= 4 is 11.6 Å². The second-order valence-corrected chi connectivity index (χ2v) is 5.15. The van der Waals surface area contributed by atoms with Gasteiger partial charge in [0.05, 0.1) is 11.9 Å². The summed E-state index contributed by atoms with van der Waals surface area (Å²) < 4.78 is 15.1. The summed E-state index contributed by atoms with van der Waals surface area (Å²) in [4.78, 5) is 8.67. The molecule has 0 fully saturated rings. The van der Waals surface area contributed by atoms with Gasteiger partial charge in [0, 0.05) is 30.4 Å². The van der Waals surface area contributed by atoms with Gasteiger partial charge in [0.1, 0.15) is 11.0 Å². The number of hydrogen-bond donors (Lipinski definition) is 0. The summed E-state index contributed by atoms with van der Waals surface area (Å²) in [5.74, 6) is 0.0699. The summed E-state index contributed by atoms with van der Waals surface area (Å²) in [7, 11) is 1.82. The highest BCUT2D eigenvalue weighted by Gasteiger charge is 2.11. The Morgan fingerprint density at radius 3 is 2.71 bits per heavy atom. The lowest BCUT2D eigenvalue weighted by atomic mass is 10.1. The Morgan fingerprint density at radius 1 is 1.19 bits per heavy atom. The zero-order chi connectivity index (χ0) is 15.0. The quantitative estimate of drug-likeness (QED) is 0.679. The molecule has 3 rings (SSSR count). The average molecular weight is 303 g/mol. The number of halogens is 2. The lowest BCUT2D eigenvalue weighted by molar-refractivity contribution is 0.627. The molecule has 0 atom stereocenters. The molecule has 6 heteroatoms. The maximum atomic E-state index is 13.5. The van der Waals surface area contributed by atoms with Gasteiger partial charge in [-0.25, -0.2) is 14.4 Å². The van der Waals surface area contributed by atoms with E-state index < -0.39 is 0 Å². The number of rotatable bonds is 2. The first-order valence-electron chi connectivity index (χ1n) is 6.33. The van der Waals surface area contributed by atoms with Crippen LogP contribution in [0.2, 0.25) is 5.15 Å². The van der Waals surface area contributed by atoms with Gasteiger partial charge < -0.3 is 0 Å². The van der Waals surface area contributed by atoms with Gasteiger partial charge in [-0.15, -0.1) is 0 Å². The SMILES string of the molecule is Cc1ccc(F)cc1-c1nc(Cl)cc(-c2cnn(C)c2)n1. The summed E-state index contributed by atoms with van der Waals surface area (Å²) in [6, 6.07) is 6.18. The maximum Gasteiger partial charge on any atom is 0.161 e. The van der Waals surface area contributed by atoms with Crippen molar-refractivity contribution in [1.82, 2.24) is 19.7 Å². The van der Waals surface area contributed by atoms with Crippen molar-refractivity contribution in [1.29, 1.82) is 0 Å². The molecule has 0 aliphatic rings. The Morgan fingerprint density at radius 2 is 2.00 bits per heavy atom. The van der Waals surface area contributed by atoms with Crippen LogP contribution in [0, 0.1) is 12.7 Å². The average Bonchev–Trinajstić information content (AvgIpc) is 2.87. The lowest BCUT2D eigenvalue weighted by Gasteiger charge is -2.07. The Balaban J connectivity index is 2.16. The molecule has 1 aromatic carbocycles. The zero-order valence-corrected chi connectivity index (χ0v) is 12.3. The molecule has 2 aromatic heterocycles. The third-order valence-corrected chi connectivity index (χ3v) is 3.33. The van der Waals surface area contributed by atoms with Gasteiger partial charge in [-0.05, 0) is 24.6 Å². The minimum absolute atomic E-state index is 0.308. The first kappa shape index (κ1) is 13.7. The molecular formula is C15H12ClFN4. The largest absolute Gasteiger partial charge is 0.275 e. The Bertz CT molecular complexity index is 813. The van der Waals surface area contributed by atoms with Crippen LogP contribution < -0.4 is 0 Å². The summed E-state index contributed by atoms with van der Waals surface area (Å²) in [5.41, 5.74) is 3.00. The molecular weight excluding hydrogens is 291 g/mol. The molecule has 0 aliphatic carbocycles. The molecule has 4 nitrogen and oxygen atoms in total. The van der Waals surface area contributed by atoms with E-state index >= 15 is 0 Å². The molecule has 0 saturated carbocycles. The van der Waals surface area contributed by atoms with E-state index in [1.165, 1.54) is 12.1 Å². The molecule has 0 saturated heterocycles. The highest BCUT2D eigenvalue weighted by atomic mass is 35.5. The number of aryl methyl sites for hydroxylation is 2. The van der Waals surface area contributed by atoms with E-state index in [1.807, 2.05) is 20.2 Å². The Labute approximate surface area is 126 Å². The molecule has 0 radical (unpaired) electrons. The molecule has 0 bridgehead atoms. The molecule has 0 unspecified atom stereocenters. The molecule has 106 valence electrons. The van der Waals surface area contributed by atoms with Gasteiger partial charge in [-0.3, -0.25) is 4.68 Å². The van der Waals surface area contributed by atoms with Crippen molar-refractivity contribution in [3.05, 3.63) is 53.2 Å². The van der Waals surface area contributed by atoms with E-state index in [4.69, 9.17) is 11.6 Å². The summed E-state index contributed by atoms with van der Waals surface area (Å²) >= 11 is 6.08. The Hall–Kier alpha value is -2.27. The summed E-state index contributed by atoms with van der Waals surface area (Å²) in [6.07, 6.45) is 3.53. The van der Waals surface area contributed by atoms with Crippen LogP contribution in [0.15, 0.2) is 36.7 Å². The van der Waals surface area contributed by atoms with Crippen LogP contribution in [0.1, 0.15) is 5.56 Å². The summed E-state index contributed by atoms with van der Waals surface area (Å²) in [5, 5.41) is 4.42. The van der Waals surface area contributed by atoms with Gasteiger partial charge in [-0.1, -0.05) is 17.7 Å². The van der Waals surface area contributed by atoms with Gasteiger partial charge in [0.25, 0.3) is 0 Å². The van der Waals surface area contributed by atoms with E-state index in [1.54, 1.807) is 23.0 Å². The van der Waals surface area contributed by atoms with Crippen LogP contribution in [0.3, 0.4) is 0 Å². The van der Waals surface area contributed by atoms with E-state index in [-0.39, 0.29) is 5.82 Å². The topological polar surface area (TPSA) is 43.6 Å². The third kappa shape index (κ3) is 2.78. The number of benzene rings is 1. The minimum atomic E-state index is -0.331. The van der Waals surface area contributed by atoms with Gasteiger partial charge >= 0.3 is 0 Å². The van der Waals surface area contributed by atoms with Crippen molar-refractivity contribution in [2.75, 3.05) is 0 Å². The smallest absolute Gasteiger partial charge is 0.161 e. The molecule has 2 heterocycles. The van der Waals surface area contributed by atoms with Crippen molar-refractivity contribution < 1.29 is 4.39 Å². The Kier molecular flexibility index (Phi) is 3.43. The van der Waals surface area contributed by atoms with E-state index in [2.05, 4.69) is 15.1 Å². The fourth-order valence-corrected chi connectivity index (χ4v) is 2.26. The first-order valence-corrected chi connectivity index (χ1v) is 6.71. The van der Waals surface area contributed by atoms with Crippen molar-refractivity contribution in [2.45, 2.75) is 6.92 Å². The van der Waals surface area contributed by atoms with Crippen molar-refractivity contribution in [2.24, 2.45) is 7.05 Å². The fraction of sp³-hybridized carbons (Fsp3) is 0.133. The first-order chi connectivity index (χ1) is 10.0. The van der Waals surface area contributed by atoms with Crippen LogP contribution in [0.5, 0.6) is 0 Å². The molecule has 21 heavy (non-hydrogen) atoms. The molecule has 0 aliphatic heterocycles. The molecule has 0 N–H and O–H groups in total. The number of hydrogen-bond acceptors (Lipinski definition) is 3. The molecule has 0 amide bonds. The van der Waals surface area contributed by atoms with E-state index in [0.29, 0.717) is 22.2 Å². The van der Waals surface area contributed by atoms with Crippen molar-refractivity contribution in [3.8, 4) is 22.6 Å². The standard InChI is InChI=1S/C15H12ClFN4/c1-9-3-4-11(17)5-12(9)15-19-13(6-14(16)20-15)10-7-18-21(2)8-10/h3-8H,1-2H3. The second-order valence-electron chi connectivity index (χ2n) is 4.76. The number of nitrogens with zero attached hydrogens (tertiary/aromatic N) is 4. The highest BCUT2D eigenvalue weighted by Crippen LogP contribution is 2.26. The minimum Gasteiger partial charge on any atom is -0.275 e. The lowest BCUT2D eigenvalue weighted by Crippen LogP contribution is -1.95. The van der Waals surface area contributed by atoms with Gasteiger partial charge in [-0.2, -0.15) is 5.10 Å². The number of aromatic nitrogens is 4. The van der Waals surface area contributed by atoms with Crippen LogP contribution in [0.25, 0.3) is 22.6 Å². The second kappa shape index (κ2) is 5.26. The maximum absolute atomic E-state index is 13.5. The molecule has 3 aromatic rings. The third-order valence-electron chi connectivity index (χ3n) is 3.14. The van der Waals surface area contributed by atoms with Crippen LogP contribution in [-0.2, 0) is 7.05 Å². The van der Waals surface area contributed by atoms with Gasteiger partial charge in [0.15, 0.2) is 5.82 Å². The van der Waals surface area contributed by atoms with Crippen LogP contribution in [0.4, 0.5) is 4.39 Å². The van der Waals surface area contributed by atoms with Crippen LogP contribution in [-0.4, -0.2) is 19.7 Å². The zero-order valence-electron chi connectivity index (χ0n) is 11.5. The van der Waals surface area contributed by atoms with Crippen molar-refractivity contribution in [3.63, 3.8) is 0 Å². The monoisotopic (exact) mass is 302 g/mol. The van der Waals surface area contributed by atoms with Gasteiger partial charge in [0.2, 0.25) is 0 Å². The highest BCUT2D eigenvalue weighted by molar-refractivity contribution is 6.29. The molecule has 0 spiro atoms. The van der Waals surface area contributed by atoms with Crippen LogP contribution >= 0.6 is 11.6 Å². The predicted octanol–water partition coefficient (Wildman–Crippen LogP) is 3.65. The predicted molar refractivity (Wildman–Crippen MR) is 79.4 cm³/mol. The summed E-state index contributed by atoms with van der Waals surface area (Å²) in [6.45, 7) is 1.88. The fourth-order valence-electron chi connectivity index (χ4n) is 2.07. The normalized spacial score (nSPS) is 10.9. The van der Waals surface area contributed by atoms with E-state index in [9.17, 15) is 4.39 Å². The van der Waals surface area contributed by atoms with E-state index in [0.717, 1.165) is 11.1 Å².